The fourth-order valence-corrected chi connectivity index (χ4v) is 3.60. The van der Waals surface area contributed by atoms with Crippen molar-refractivity contribution in [3.8, 4) is 5.75 Å². The van der Waals surface area contributed by atoms with Gasteiger partial charge in [0, 0.05) is 5.66 Å². The van der Waals surface area contributed by atoms with Crippen molar-refractivity contribution in [1.29, 1.82) is 0 Å². The maximum atomic E-state index is 11.6. The van der Waals surface area contributed by atoms with Crippen LogP contribution in [0.5, 0.6) is 5.75 Å². The van der Waals surface area contributed by atoms with Crippen molar-refractivity contribution < 1.29 is 122 Å². The largest absolute Gasteiger partial charge is 1.00 e. The predicted molar refractivity (Wildman–Crippen MR) is 86.1 cm³/mol. The van der Waals surface area contributed by atoms with E-state index in [0.29, 0.717) is 16.7 Å². The van der Waals surface area contributed by atoms with Crippen molar-refractivity contribution in [3.63, 3.8) is 0 Å². The summed E-state index contributed by atoms with van der Waals surface area (Å²) in [5.74, 6) is 0.185. The van der Waals surface area contributed by atoms with Gasteiger partial charge < -0.3 is 19.5 Å². The standard InChI is InChI=1S/C17H29O4P.2K/c1-8-14(22(19,20)21)11-9-12(16(2,3)4)15(18)13(10-11)17(5,6)7;;/h9-10,14,18H,8H2,1-7H3,(H2,19,20,21);;/q;2*+1/p-2. The van der Waals surface area contributed by atoms with Gasteiger partial charge in [0.25, 0.3) is 0 Å². The second-order valence-corrected chi connectivity index (χ2v) is 9.63. The molecule has 1 N–H and O–H groups in total. The molecule has 1 rings (SSSR count). The van der Waals surface area contributed by atoms with Crippen LogP contribution in [0, 0.1) is 0 Å². The van der Waals surface area contributed by atoms with E-state index in [4.69, 9.17) is 0 Å². The molecule has 0 spiro atoms. The molecular formula is C17H27K2O4P. The van der Waals surface area contributed by atoms with E-state index in [-0.39, 0.29) is 126 Å². The molecule has 0 saturated carbocycles. The number of phenolic OH excluding ortho intramolecular Hbond substituents is 1. The number of hydrogen-bond acceptors (Lipinski definition) is 4. The number of aromatic hydroxyl groups is 1. The van der Waals surface area contributed by atoms with Gasteiger partial charge in [-0.25, -0.2) is 0 Å². The zero-order chi connectivity index (χ0) is 17.5. The van der Waals surface area contributed by atoms with Crippen LogP contribution in [0.3, 0.4) is 0 Å². The second-order valence-electron chi connectivity index (χ2n) is 7.93. The average Bonchev–Trinajstić information content (AvgIpc) is 2.26. The van der Waals surface area contributed by atoms with Gasteiger partial charge >= 0.3 is 103 Å². The molecular weight excluding hydrogens is 377 g/mol. The van der Waals surface area contributed by atoms with E-state index in [1.54, 1.807) is 19.1 Å². The van der Waals surface area contributed by atoms with Crippen LogP contribution < -0.4 is 113 Å². The first-order valence-electron chi connectivity index (χ1n) is 7.59. The molecule has 0 radical (unpaired) electrons. The van der Waals surface area contributed by atoms with Crippen LogP contribution in [0.4, 0.5) is 0 Å². The van der Waals surface area contributed by atoms with E-state index < -0.39 is 13.3 Å². The van der Waals surface area contributed by atoms with Crippen LogP contribution in [0.15, 0.2) is 12.1 Å². The fourth-order valence-electron chi connectivity index (χ4n) is 2.63. The normalized spacial score (nSPS) is 13.7. The third-order valence-electron chi connectivity index (χ3n) is 3.90. The van der Waals surface area contributed by atoms with Gasteiger partial charge in [-0.15, -0.1) is 0 Å². The SMILES string of the molecule is CCC(c1cc(C(C)(C)C)c(O)c(C(C)(C)C)c1)P(=O)([O-])[O-].[K+].[K+]. The van der Waals surface area contributed by atoms with Crippen molar-refractivity contribution >= 4 is 7.60 Å². The Morgan fingerprint density at radius 2 is 1.33 bits per heavy atom. The zero-order valence-electron chi connectivity index (χ0n) is 16.6. The minimum absolute atomic E-state index is 0. The Kier molecular flexibility index (Phi) is 12.3. The number of rotatable bonds is 3. The van der Waals surface area contributed by atoms with Crippen LogP contribution in [0.1, 0.15) is 77.2 Å². The molecule has 1 atom stereocenters. The Balaban J connectivity index is 0. The van der Waals surface area contributed by atoms with Gasteiger partial charge in [-0.2, -0.15) is 0 Å². The summed E-state index contributed by atoms with van der Waals surface area (Å²) in [6, 6.07) is 3.34. The molecule has 0 heterocycles. The van der Waals surface area contributed by atoms with Crippen LogP contribution in [-0.4, -0.2) is 5.11 Å². The van der Waals surface area contributed by atoms with Gasteiger partial charge in [0.05, 0.1) is 0 Å². The molecule has 0 aliphatic heterocycles. The summed E-state index contributed by atoms with van der Waals surface area (Å²) in [5, 5.41) is 10.6. The molecule has 0 fully saturated rings. The number of benzene rings is 1. The molecule has 0 bridgehead atoms. The minimum atomic E-state index is -4.74. The molecule has 1 aromatic rings. The number of hydrogen-bond donors (Lipinski definition) is 1. The maximum absolute atomic E-state index is 11.6. The molecule has 4 nitrogen and oxygen atoms in total. The summed E-state index contributed by atoms with van der Waals surface area (Å²) < 4.78 is 11.6. The van der Waals surface area contributed by atoms with E-state index in [9.17, 15) is 19.5 Å². The molecule has 1 aromatic carbocycles. The third kappa shape index (κ3) is 7.46. The van der Waals surface area contributed by atoms with Crippen molar-refractivity contribution in [3.05, 3.63) is 28.8 Å². The maximum Gasteiger partial charge on any atom is 1.00 e. The molecule has 1 unspecified atom stereocenters. The Labute approximate surface area is 231 Å². The smallest absolute Gasteiger partial charge is 0.810 e. The van der Waals surface area contributed by atoms with Crippen molar-refractivity contribution in [2.45, 2.75) is 71.4 Å². The van der Waals surface area contributed by atoms with Crippen molar-refractivity contribution in [2.24, 2.45) is 0 Å². The summed E-state index contributed by atoms with van der Waals surface area (Å²) in [6.07, 6.45) is 0.224. The molecule has 0 amide bonds. The molecule has 0 aromatic heterocycles. The second kappa shape index (κ2) is 10.3. The first-order valence-corrected chi connectivity index (χ1v) is 9.20. The van der Waals surface area contributed by atoms with Gasteiger partial charge in [0.1, 0.15) is 5.75 Å². The molecule has 0 aliphatic carbocycles. The van der Waals surface area contributed by atoms with E-state index in [0.717, 1.165) is 0 Å². The topological polar surface area (TPSA) is 83.4 Å². The van der Waals surface area contributed by atoms with Crippen LogP contribution >= 0.6 is 7.60 Å². The average molecular weight is 405 g/mol. The Morgan fingerprint density at radius 3 is 1.54 bits per heavy atom. The summed E-state index contributed by atoms with van der Waals surface area (Å²) >= 11 is 0. The van der Waals surface area contributed by atoms with E-state index in [1.165, 1.54) is 0 Å². The quantitative estimate of drug-likeness (QED) is 0.441. The molecule has 0 saturated heterocycles. The van der Waals surface area contributed by atoms with Gasteiger partial charge in [0.2, 0.25) is 0 Å². The van der Waals surface area contributed by atoms with Crippen LogP contribution in [-0.2, 0) is 15.4 Å². The summed E-state index contributed by atoms with van der Waals surface area (Å²) in [6.45, 7) is 13.4. The first kappa shape index (κ1) is 28.7. The van der Waals surface area contributed by atoms with Crippen LogP contribution in [0.25, 0.3) is 0 Å². The molecule has 7 heteroatoms. The summed E-state index contributed by atoms with van der Waals surface area (Å²) in [5.41, 5.74) is 0.0462. The van der Waals surface area contributed by atoms with E-state index in [1.807, 2.05) is 41.5 Å². The zero-order valence-corrected chi connectivity index (χ0v) is 23.7. The van der Waals surface area contributed by atoms with Crippen molar-refractivity contribution in [1.82, 2.24) is 0 Å². The van der Waals surface area contributed by atoms with Gasteiger partial charge in [0.15, 0.2) is 0 Å². The van der Waals surface area contributed by atoms with Gasteiger partial charge in [-0.05, 0) is 33.9 Å². The molecule has 24 heavy (non-hydrogen) atoms. The Bertz CT molecular complexity index is 563. The minimum Gasteiger partial charge on any atom is -0.810 e. The number of phenols is 1. The van der Waals surface area contributed by atoms with Gasteiger partial charge in [-0.1, -0.05) is 68.2 Å². The molecule has 0 aliphatic rings. The summed E-state index contributed by atoms with van der Waals surface area (Å²) in [4.78, 5) is 23.2. The van der Waals surface area contributed by atoms with E-state index in [2.05, 4.69) is 0 Å². The van der Waals surface area contributed by atoms with E-state index >= 15 is 0 Å². The first-order chi connectivity index (χ1) is 9.69. The van der Waals surface area contributed by atoms with Gasteiger partial charge in [-0.3, -0.25) is 0 Å². The third-order valence-corrected chi connectivity index (χ3v) is 5.33. The summed E-state index contributed by atoms with van der Waals surface area (Å²) in [7, 11) is -4.74. The Morgan fingerprint density at radius 1 is 1.00 bits per heavy atom. The fraction of sp³-hybridized carbons (Fsp3) is 0.647. The van der Waals surface area contributed by atoms with Crippen LogP contribution in [0.2, 0.25) is 0 Å². The monoisotopic (exact) mass is 404 g/mol. The predicted octanol–water partition coefficient (Wildman–Crippen LogP) is -2.64. The Hall–Kier alpha value is 2.44. The molecule has 126 valence electrons. The van der Waals surface area contributed by atoms with Crippen molar-refractivity contribution in [2.75, 3.05) is 0 Å².